The number of benzene rings is 3. The van der Waals surface area contributed by atoms with E-state index in [1.54, 1.807) is 19.1 Å². The molecule has 2 atom stereocenters. The average molecular weight is 393 g/mol. The van der Waals surface area contributed by atoms with Crippen LogP contribution in [0.5, 0.6) is 0 Å². The Hall–Kier alpha value is -3.53. The number of amides is 2. The lowest BCUT2D eigenvalue weighted by molar-refractivity contribution is -0.132. The zero-order valence-corrected chi connectivity index (χ0v) is 16.4. The predicted molar refractivity (Wildman–Crippen MR) is 112 cm³/mol. The van der Waals surface area contributed by atoms with Gasteiger partial charge < -0.3 is 0 Å². The van der Waals surface area contributed by atoms with E-state index in [1.807, 2.05) is 66.7 Å². The van der Waals surface area contributed by atoms with Crippen molar-refractivity contribution in [1.29, 1.82) is 0 Å². The fraction of sp³-hybridized carbons (Fsp3) is 0.192. The Labute approximate surface area is 174 Å². The van der Waals surface area contributed by atoms with Crippen LogP contribution in [0.2, 0.25) is 0 Å². The zero-order chi connectivity index (χ0) is 20.6. The highest BCUT2D eigenvalue weighted by Crippen LogP contribution is 2.64. The van der Waals surface area contributed by atoms with Gasteiger partial charge in [-0.1, -0.05) is 66.7 Å². The molecule has 4 heteroatoms. The number of carbonyl (C=O) groups is 3. The van der Waals surface area contributed by atoms with Crippen LogP contribution in [0.3, 0.4) is 0 Å². The summed E-state index contributed by atoms with van der Waals surface area (Å²) in [7, 11) is 0. The molecule has 0 radical (unpaired) electrons. The lowest BCUT2D eigenvalue weighted by atomic mass is 9.46. The second-order valence-corrected chi connectivity index (χ2v) is 8.37. The molecule has 30 heavy (non-hydrogen) atoms. The minimum absolute atomic E-state index is 0.0911. The molecule has 3 aromatic carbocycles. The van der Waals surface area contributed by atoms with Gasteiger partial charge >= 0.3 is 0 Å². The third kappa shape index (κ3) is 1.80. The summed E-state index contributed by atoms with van der Waals surface area (Å²) in [6, 6.07) is 24.7. The largest absolute Gasteiger partial charge is 0.299 e. The Kier molecular flexibility index (Phi) is 3.33. The highest BCUT2D eigenvalue weighted by Gasteiger charge is 2.69. The molecule has 0 spiro atoms. The van der Waals surface area contributed by atoms with Gasteiger partial charge in [0, 0.05) is 5.92 Å². The van der Waals surface area contributed by atoms with Crippen molar-refractivity contribution in [3.63, 3.8) is 0 Å². The summed E-state index contributed by atoms with van der Waals surface area (Å²) >= 11 is 0. The van der Waals surface area contributed by atoms with Crippen LogP contribution in [0.4, 0.5) is 5.69 Å². The maximum absolute atomic E-state index is 13.8. The summed E-state index contributed by atoms with van der Waals surface area (Å²) in [5, 5.41) is 0. The molecular formula is C26H19NO3. The van der Waals surface area contributed by atoms with Gasteiger partial charge in [0.05, 0.1) is 22.9 Å². The predicted octanol–water partition coefficient (Wildman–Crippen LogP) is 3.83. The molecule has 3 aromatic rings. The minimum Gasteiger partial charge on any atom is -0.299 e. The molecule has 0 saturated carbocycles. The van der Waals surface area contributed by atoms with E-state index < -0.39 is 17.3 Å². The quantitative estimate of drug-likeness (QED) is 0.622. The lowest BCUT2D eigenvalue weighted by Gasteiger charge is -2.52. The fourth-order valence-corrected chi connectivity index (χ4v) is 6.20. The Morgan fingerprint density at radius 3 is 1.87 bits per heavy atom. The summed E-state index contributed by atoms with van der Waals surface area (Å²) < 4.78 is 0. The first-order valence-electron chi connectivity index (χ1n) is 10.2. The highest BCUT2D eigenvalue weighted by molar-refractivity contribution is 6.25. The number of para-hydroxylation sites is 1. The Bertz CT molecular complexity index is 1200. The molecule has 0 aromatic heterocycles. The van der Waals surface area contributed by atoms with Crippen LogP contribution in [-0.4, -0.2) is 17.6 Å². The number of imide groups is 1. The van der Waals surface area contributed by atoms with Crippen LogP contribution < -0.4 is 4.90 Å². The first kappa shape index (κ1) is 17.3. The molecule has 1 aliphatic heterocycles. The summed E-state index contributed by atoms with van der Waals surface area (Å²) in [4.78, 5) is 42.3. The smallest absolute Gasteiger partial charge is 0.239 e. The van der Waals surface area contributed by atoms with Crippen LogP contribution in [0.1, 0.15) is 35.1 Å². The molecule has 2 bridgehead atoms. The van der Waals surface area contributed by atoms with E-state index >= 15 is 0 Å². The maximum Gasteiger partial charge on any atom is 0.239 e. The normalized spacial score (nSPS) is 28.2. The molecule has 7 rings (SSSR count). The molecule has 4 aliphatic rings. The lowest BCUT2D eigenvalue weighted by Crippen LogP contribution is -2.57. The monoisotopic (exact) mass is 393 g/mol. The van der Waals surface area contributed by atoms with Crippen LogP contribution in [-0.2, 0) is 19.8 Å². The third-order valence-corrected chi connectivity index (χ3v) is 7.19. The summed E-state index contributed by atoms with van der Waals surface area (Å²) in [5.41, 5.74) is 3.15. The van der Waals surface area contributed by atoms with E-state index in [0.717, 1.165) is 22.3 Å². The molecule has 0 N–H and O–H groups in total. The molecule has 2 amide bonds. The van der Waals surface area contributed by atoms with Gasteiger partial charge in [0.15, 0.2) is 0 Å². The minimum atomic E-state index is -1.14. The number of anilines is 1. The van der Waals surface area contributed by atoms with Gasteiger partial charge in [0.2, 0.25) is 11.8 Å². The van der Waals surface area contributed by atoms with E-state index in [9.17, 15) is 14.4 Å². The topological polar surface area (TPSA) is 54.5 Å². The molecular weight excluding hydrogens is 374 g/mol. The molecule has 1 saturated heterocycles. The molecule has 1 heterocycles. The van der Waals surface area contributed by atoms with Crippen molar-refractivity contribution in [2.75, 3.05) is 4.90 Å². The van der Waals surface area contributed by atoms with Gasteiger partial charge in [0.25, 0.3) is 0 Å². The van der Waals surface area contributed by atoms with Crippen molar-refractivity contribution in [3.8, 4) is 0 Å². The number of hydrogen-bond acceptors (Lipinski definition) is 3. The van der Waals surface area contributed by atoms with Gasteiger partial charge in [-0.25, -0.2) is 4.90 Å². The number of nitrogens with zero attached hydrogens (tertiary/aromatic N) is 1. The Balaban J connectivity index is 1.70. The second-order valence-electron chi connectivity index (χ2n) is 8.37. The first-order valence-corrected chi connectivity index (χ1v) is 10.2. The van der Waals surface area contributed by atoms with Crippen LogP contribution in [0.25, 0.3) is 0 Å². The molecule has 2 unspecified atom stereocenters. The molecule has 1 fully saturated rings. The van der Waals surface area contributed by atoms with Crippen molar-refractivity contribution in [2.24, 2.45) is 11.8 Å². The van der Waals surface area contributed by atoms with Crippen LogP contribution in [0.15, 0.2) is 78.9 Å². The Morgan fingerprint density at radius 2 is 1.30 bits per heavy atom. The summed E-state index contributed by atoms with van der Waals surface area (Å²) in [6.45, 7) is 1.55. The van der Waals surface area contributed by atoms with Crippen LogP contribution >= 0.6 is 0 Å². The average Bonchev–Trinajstić information content (AvgIpc) is 3.05. The van der Waals surface area contributed by atoms with E-state index in [2.05, 4.69) is 0 Å². The van der Waals surface area contributed by atoms with E-state index in [1.165, 1.54) is 4.90 Å². The number of hydrogen-bond donors (Lipinski definition) is 0. The standard InChI is InChI=1S/C26H19NO3/c1-15(28)26-19-13-7-5-11-17(19)21(18-12-6-8-14-20(18)26)22-23(26)25(30)27(24(22)29)16-9-3-2-4-10-16/h2-14,21-23H,1H3. The fourth-order valence-electron chi connectivity index (χ4n) is 6.20. The highest BCUT2D eigenvalue weighted by atomic mass is 16.2. The van der Waals surface area contributed by atoms with Gasteiger partial charge in [-0.2, -0.15) is 0 Å². The van der Waals surface area contributed by atoms with E-state index in [4.69, 9.17) is 0 Å². The maximum atomic E-state index is 13.8. The number of rotatable bonds is 2. The van der Waals surface area contributed by atoms with Crippen molar-refractivity contribution in [1.82, 2.24) is 0 Å². The van der Waals surface area contributed by atoms with Crippen molar-refractivity contribution >= 4 is 23.3 Å². The molecule has 146 valence electrons. The Morgan fingerprint density at radius 1 is 0.767 bits per heavy atom. The van der Waals surface area contributed by atoms with E-state index in [-0.39, 0.29) is 23.5 Å². The van der Waals surface area contributed by atoms with E-state index in [0.29, 0.717) is 5.69 Å². The second kappa shape index (κ2) is 5.76. The zero-order valence-electron chi connectivity index (χ0n) is 16.4. The summed E-state index contributed by atoms with van der Waals surface area (Å²) in [6.07, 6.45) is 0. The first-order chi connectivity index (χ1) is 14.6. The molecule has 3 aliphatic carbocycles. The van der Waals surface area contributed by atoms with Gasteiger partial charge in [0.1, 0.15) is 5.78 Å². The van der Waals surface area contributed by atoms with Gasteiger partial charge in [-0.05, 0) is 41.3 Å². The van der Waals surface area contributed by atoms with Gasteiger partial charge in [-0.3, -0.25) is 14.4 Å². The van der Waals surface area contributed by atoms with Crippen molar-refractivity contribution < 1.29 is 14.4 Å². The van der Waals surface area contributed by atoms with Gasteiger partial charge in [-0.15, -0.1) is 0 Å². The number of carbonyl (C=O) groups excluding carboxylic acids is 3. The van der Waals surface area contributed by atoms with Crippen LogP contribution in [0, 0.1) is 11.8 Å². The number of ketones is 1. The molecule has 4 nitrogen and oxygen atoms in total. The third-order valence-electron chi connectivity index (χ3n) is 7.19. The summed E-state index contributed by atoms with van der Waals surface area (Å²) in [5.74, 6) is -2.11. The van der Waals surface area contributed by atoms with Crippen molar-refractivity contribution in [3.05, 3.63) is 101 Å². The van der Waals surface area contributed by atoms with Crippen molar-refractivity contribution in [2.45, 2.75) is 18.3 Å². The SMILES string of the molecule is CC(=O)C12c3ccccc3C(c3ccccc31)C1C(=O)N(c3ccccc3)C(=O)C12. The number of Topliss-reactive ketones (excluding diaryl/α,β-unsaturated/α-hetero) is 1.